The van der Waals surface area contributed by atoms with E-state index in [0.717, 1.165) is 69.1 Å². The number of anilines is 1. The summed E-state index contributed by atoms with van der Waals surface area (Å²) < 4.78 is 18.3. The number of phenols is 2. The maximum Gasteiger partial charge on any atom is 0.192 e. The first-order chi connectivity index (χ1) is 24.2. The zero-order chi connectivity index (χ0) is 35.6. The standard InChI is InChI=1S/C40H58N4O6/c1-42-27-40(20-16-28(26-40)17-21-49-31-11-5-6-12-31)50-35-23-29(22-32(37(35)47)44-38(41)43-2)10-4-7-13-36(46)39(18-8-9-19-39)25-30-14-15-33(45)34(24-30)48-3/h7,13-15,22-24,28,31,42,45,47H,4-6,8-12,16-21,25-27H2,1-3H3,(H3,41,43,44)/b13-7+/t28-,40-/m1/s1. The minimum Gasteiger partial charge on any atom is -0.504 e. The second kappa shape index (κ2) is 17.4. The van der Waals surface area contributed by atoms with Gasteiger partial charge in [0.15, 0.2) is 34.7 Å². The fourth-order valence-corrected chi connectivity index (χ4v) is 8.32. The average molecular weight is 691 g/mol. The number of hydrogen-bond acceptors (Lipinski definition) is 8. The van der Waals surface area contributed by atoms with E-state index in [0.29, 0.717) is 55.0 Å². The fourth-order valence-electron chi connectivity index (χ4n) is 8.32. The molecule has 2 aromatic carbocycles. The molecule has 50 heavy (non-hydrogen) atoms. The number of benzene rings is 2. The van der Waals surface area contributed by atoms with E-state index >= 15 is 0 Å². The SMILES string of the molecule is CN=C(N)Nc1cc(CC/C=C/C(=O)C2(Cc3ccc(O)c(OC)c3)CCCC2)cc(O[C@]2(CNC)CC[C@H](CCOC3CCCC3)C2)c1O. The minimum absolute atomic E-state index is 0.00333. The smallest absolute Gasteiger partial charge is 0.192 e. The molecule has 0 unspecified atom stereocenters. The number of hydrogen-bond donors (Lipinski definition) is 5. The monoisotopic (exact) mass is 690 g/mol. The van der Waals surface area contributed by atoms with Crippen molar-refractivity contribution >= 4 is 17.4 Å². The Morgan fingerprint density at radius 2 is 1.80 bits per heavy atom. The quantitative estimate of drug-likeness (QED) is 0.0523. The van der Waals surface area contributed by atoms with Crippen LogP contribution in [0, 0.1) is 11.3 Å². The molecule has 274 valence electrons. The molecule has 10 nitrogen and oxygen atoms in total. The second-order valence-corrected chi connectivity index (χ2v) is 14.7. The van der Waals surface area contributed by atoms with Gasteiger partial charge in [0.25, 0.3) is 0 Å². The van der Waals surface area contributed by atoms with Crippen molar-refractivity contribution in [3.05, 3.63) is 53.6 Å². The summed E-state index contributed by atoms with van der Waals surface area (Å²) in [6, 6.07) is 9.12. The van der Waals surface area contributed by atoms with E-state index in [-0.39, 0.29) is 23.2 Å². The van der Waals surface area contributed by atoms with E-state index in [4.69, 9.17) is 19.9 Å². The van der Waals surface area contributed by atoms with Crippen LogP contribution in [0.15, 0.2) is 47.5 Å². The number of carbonyl (C=O) groups excluding carboxylic acids is 1. The number of phenolic OH excluding ortho intramolecular Hbond substituents is 2. The van der Waals surface area contributed by atoms with Gasteiger partial charge in [-0.15, -0.1) is 0 Å². The molecule has 0 saturated heterocycles. The van der Waals surface area contributed by atoms with Crippen LogP contribution in [0.5, 0.6) is 23.0 Å². The normalized spacial score (nSPS) is 22.4. The van der Waals surface area contributed by atoms with E-state index in [9.17, 15) is 15.0 Å². The Kier molecular flexibility index (Phi) is 13.1. The number of nitrogens with two attached hydrogens (primary N) is 1. The van der Waals surface area contributed by atoms with Gasteiger partial charge in [0.2, 0.25) is 0 Å². The molecule has 0 radical (unpaired) electrons. The molecular formula is C40H58N4O6. The minimum atomic E-state index is -0.450. The first-order valence-corrected chi connectivity index (χ1v) is 18.6. The molecular weight excluding hydrogens is 632 g/mol. The first kappa shape index (κ1) is 37.5. The first-order valence-electron chi connectivity index (χ1n) is 18.6. The molecule has 2 aromatic rings. The number of aryl methyl sites for hydroxylation is 1. The molecule has 3 aliphatic carbocycles. The molecule has 0 aromatic heterocycles. The van der Waals surface area contributed by atoms with Crippen LogP contribution >= 0.6 is 0 Å². The van der Waals surface area contributed by atoms with Crippen molar-refractivity contribution in [3.63, 3.8) is 0 Å². The zero-order valence-corrected chi connectivity index (χ0v) is 30.3. The number of ether oxygens (including phenoxy) is 3. The van der Waals surface area contributed by atoms with Gasteiger partial charge in [0.1, 0.15) is 5.60 Å². The Labute approximate surface area is 297 Å². The molecule has 3 fully saturated rings. The lowest BCUT2D eigenvalue weighted by molar-refractivity contribution is -0.123. The van der Waals surface area contributed by atoms with Crippen LogP contribution in [0.4, 0.5) is 5.69 Å². The number of guanidine groups is 1. The third-order valence-corrected chi connectivity index (χ3v) is 11.1. The number of nitrogens with zero attached hydrogens (tertiary/aromatic N) is 1. The van der Waals surface area contributed by atoms with Crippen molar-refractivity contribution in [1.29, 1.82) is 0 Å². The van der Waals surface area contributed by atoms with Crippen LogP contribution in [0.1, 0.15) is 94.6 Å². The molecule has 0 aliphatic heterocycles. The Morgan fingerprint density at radius 3 is 2.52 bits per heavy atom. The summed E-state index contributed by atoms with van der Waals surface area (Å²) in [5.41, 5.74) is 7.50. The number of aromatic hydroxyl groups is 2. The maximum absolute atomic E-state index is 13.7. The molecule has 0 heterocycles. The Bertz CT molecular complexity index is 1500. The van der Waals surface area contributed by atoms with E-state index < -0.39 is 11.0 Å². The predicted octanol–water partition coefficient (Wildman–Crippen LogP) is 6.81. The molecule has 6 N–H and O–H groups in total. The van der Waals surface area contributed by atoms with Gasteiger partial charge in [0, 0.05) is 25.6 Å². The third-order valence-electron chi connectivity index (χ3n) is 11.1. The van der Waals surface area contributed by atoms with Crippen LogP contribution < -0.4 is 25.8 Å². The summed E-state index contributed by atoms with van der Waals surface area (Å²) in [7, 11) is 5.06. The molecule has 3 aliphatic rings. The van der Waals surface area contributed by atoms with Crippen molar-refractivity contribution in [1.82, 2.24) is 5.32 Å². The Balaban J connectivity index is 1.26. The van der Waals surface area contributed by atoms with Crippen molar-refractivity contribution in [2.75, 3.05) is 39.7 Å². The number of allylic oxidation sites excluding steroid dienone is 2. The molecule has 3 saturated carbocycles. The highest BCUT2D eigenvalue weighted by Gasteiger charge is 2.42. The average Bonchev–Trinajstić information content (AvgIpc) is 3.89. The largest absolute Gasteiger partial charge is 0.504 e. The number of aliphatic imine (C=N–C) groups is 1. The van der Waals surface area contributed by atoms with E-state index in [1.165, 1.54) is 32.8 Å². The molecule has 0 bridgehead atoms. The highest BCUT2D eigenvalue weighted by Crippen LogP contribution is 2.45. The maximum atomic E-state index is 13.7. The van der Waals surface area contributed by atoms with Gasteiger partial charge in [-0.2, -0.15) is 0 Å². The lowest BCUT2D eigenvalue weighted by Crippen LogP contribution is -2.42. The van der Waals surface area contributed by atoms with Crippen molar-refractivity contribution < 1.29 is 29.2 Å². The van der Waals surface area contributed by atoms with Crippen LogP contribution in [-0.2, 0) is 22.4 Å². The van der Waals surface area contributed by atoms with Crippen molar-refractivity contribution in [2.24, 2.45) is 22.1 Å². The van der Waals surface area contributed by atoms with E-state index in [1.54, 1.807) is 19.2 Å². The van der Waals surface area contributed by atoms with Gasteiger partial charge >= 0.3 is 0 Å². The summed E-state index contributed by atoms with van der Waals surface area (Å²) in [5, 5.41) is 27.8. The van der Waals surface area contributed by atoms with Gasteiger partial charge in [-0.3, -0.25) is 9.79 Å². The van der Waals surface area contributed by atoms with Gasteiger partial charge in [0.05, 0.1) is 18.9 Å². The molecule has 0 spiro atoms. The number of rotatable bonds is 17. The van der Waals surface area contributed by atoms with Crippen LogP contribution in [0.3, 0.4) is 0 Å². The third kappa shape index (κ3) is 9.51. The highest BCUT2D eigenvalue weighted by molar-refractivity contribution is 5.95. The van der Waals surface area contributed by atoms with Gasteiger partial charge in [-0.1, -0.05) is 37.8 Å². The molecule has 2 atom stereocenters. The zero-order valence-electron chi connectivity index (χ0n) is 30.3. The van der Waals surface area contributed by atoms with Crippen molar-refractivity contribution in [2.45, 2.75) is 108 Å². The van der Waals surface area contributed by atoms with E-state index in [1.807, 2.05) is 37.4 Å². The number of carbonyl (C=O) groups is 1. The van der Waals surface area contributed by atoms with Crippen LogP contribution in [0.25, 0.3) is 0 Å². The second-order valence-electron chi connectivity index (χ2n) is 14.7. The van der Waals surface area contributed by atoms with Gasteiger partial charge in [-0.25, -0.2) is 0 Å². The summed E-state index contributed by atoms with van der Waals surface area (Å²) in [6.45, 7) is 1.46. The van der Waals surface area contributed by atoms with Gasteiger partial charge in [-0.05, 0) is 125 Å². The highest BCUT2D eigenvalue weighted by atomic mass is 16.5. The summed E-state index contributed by atoms with van der Waals surface area (Å²) in [5.74, 6) is 1.77. The number of methoxy groups -OCH3 is 1. The number of ketones is 1. The molecule has 10 heteroatoms. The summed E-state index contributed by atoms with van der Waals surface area (Å²) >= 11 is 0. The van der Waals surface area contributed by atoms with E-state index in [2.05, 4.69) is 15.6 Å². The number of likely N-dealkylation sites (N-methyl/N-ethyl adjacent to an activating group) is 1. The molecule has 5 rings (SSSR count). The van der Waals surface area contributed by atoms with Crippen molar-refractivity contribution in [3.8, 4) is 23.0 Å². The Hall–Kier alpha value is -3.76. The molecule has 0 amide bonds. The van der Waals surface area contributed by atoms with Crippen LogP contribution in [0.2, 0.25) is 0 Å². The lowest BCUT2D eigenvalue weighted by Gasteiger charge is -2.31. The van der Waals surface area contributed by atoms with Gasteiger partial charge < -0.3 is 40.8 Å². The predicted molar refractivity (Wildman–Crippen MR) is 198 cm³/mol. The Morgan fingerprint density at radius 1 is 1.04 bits per heavy atom. The number of nitrogens with one attached hydrogen (secondary N) is 2. The van der Waals surface area contributed by atoms with Crippen LogP contribution in [-0.4, -0.2) is 68.0 Å². The summed E-state index contributed by atoms with van der Waals surface area (Å²) in [4.78, 5) is 17.7. The summed E-state index contributed by atoms with van der Waals surface area (Å²) in [6.07, 6.45) is 18.5. The lowest BCUT2D eigenvalue weighted by atomic mass is 9.76. The fraction of sp³-hybridized carbons (Fsp3) is 0.600. The topological polar surface area (TPSA) is 148 Å².